The van der Waals surface area contributed by atoms with E-state index in [1.165, 1.54) is 11.3 Å². The number of halogens is 1. The van der Waals surface area contributed by atoms with Gasteiger partial charge in [-0.3, -0.25) is 4.79 Å². The summed E-state index contributed by atoms with van der Waals surface area (Å²) in [5.41, 5.74) is 0.760. The van der Waals surface area contributed by atoms with Crippen LogP contribution in [0.3, 0.4) is 0 Å². The molecule has 0 saturated carbocycles. The first kappa shape index (κ1) is 13.3. The monoisotopic (exact) mass is 328 g/mol. The summed E-state index contributed by atoms with van der Waals surface area (Å²) in [7, 11) is 1.76. The van der Waals surface area contributed by atoms with Crippen LogP contribution in [0.15, 0.2) is 21.1 Å². The highest BCUT2D eigenvalue weighted by molar-refractivity contribution is 9.10. The zero-order valence-electron chi connectivity index (χ0n) is 10.4. The molecular formula is C12H13BrN2O2S. The Morgan fingerprint density at radius 2 is 2.22 bits per heavy atom. The van der Waals surface area contributed by atoms with Crippen LogP contribution in [0.2, 0.25) is 0 Å². The van der Waals surface area contributed by atoms with E-state index in [9.17, 15) is 4.79 Å². The van der Waals surface area contributed by atoms with Gasteiger partial charge in [-0.2, -0.15) is 0 Å². The third-order valence-electron chi connectivity index (χ3n) is 2.49. The maximum absolute atomic E-state index is 12.2. The van der Waals surface area contributed by atoms with E-state index in [4.69, 9.17) is 4.52 Å². The largest absolute Gasteiger partial charge is 0.361 e. The molecule has 0 N–H and O–H groups in total. The van der Waals surface area contributed by atoms with E-state index < -0.39 is 0 Å². The fourth-order valence-corrected chi connectivity index (χ4v) is 3.09. The molecule has 0 spiro atoms. The quantitative estimate of drug-likeness (QED) is 0.867. The Morgan fingerprint density at radius 3 is 2.72 bits per heavy atom. The molecule has 4 nitrogen and oxygen atoms in total. The van der Waals surface area contributed by atoms with Gasteiger partial charge in [0, 0.05) is 22.5 Å². The van der Waals surface area contributed by atoms with E-state index in [1.54, 1.807) is 11.9 Å². The van der Waals surface area contributed by atoms with Gasteiger partial charge in [-0.1, -0.05) is 5.16 Å². The minimum atomic E-state index is -0.00514. The molecule has 0 aliphatic rings. The first-order valence-corrected chi connectivity index (χ1v) is 7.02. The van der Waals surface area contributed by atoms with Gasteiger partial charge in [0.25, 0.3) is 5.91 Å². The van der Waals surface area contributed by atoms with E-state index in [0.717, 1.165) is 25.7 Å². The molecule has 0 atom stereocenters. The van der Waals surface area contributed by atoms with Gasteiger partial charge < -0.3 is 9.42 Å². The number of hydrogen-bond acceptors (Lipinski definition) is 4. The summed E-state index contributed by atoms with van der Waals surface area (Å²) < 4.78 is 5.95. The van der Waals surface area contributed by atoms with Crippen LogP contribution in [-0.4, -0.2) is 23.0 Å². The van der Waals surface area contributed by atoms with E-state index in [0.29, 0.717) is 6.54 Å². The van der Waals surface area contributed by atoms with Crippen LogP contribution in [0.5, 0.6) is 0 Å². The average Bonchev–Trinajstić information content (AvgIpc) is 2.85. The topological polar surface area (TPSA) is 46.3 Å². The van der Waals surface area contributed by atoms with Crippen molar-refractivity contribution in [1.29, 1.82) is 0 Å². The van der Waals surface area contributed by atoms with E-state index in [1.807, 2.05) is 26.0 Å². The summed E-state index contributed by atoms with van der Waals surface area (Å²) in [6, 6.07) is 3.69. The van der Waals surface area contributed by atoms with Gasteiger partial charge in [-0.05, 0) is 35.8 Å². The molecule has 2 aromatic heterocycles. The van der Waals surface area contributed by atoms with Crippen LogP contribution in [0.1, 0.15) is 26.0 Å². The van der Waals surface area contributed by atoms with Crippen LogP contribution in [0.25, 0.3) is 0 Å². The summed E-state index contributed by atoms with van der Waals surface area (Å²) >= 11 is 4.90. The Morgan fingerprint density at radius 1 is 1.50 bits per heavy atom. The van der Waals surface area contributed by atoms with Crippen molar-refractivity contribution in [2.24, 2.45) is 0 Å². The van der Waals surface area contributed by atoms with Gasteiger partial charge >= 0.3 is 0 Å². The highest BCUT2D eigenvalue weighted by Gasteiger charge is 2.16. The highest BCUT2D eigenvalue weighted by Crippen LogP contribution is 2.27. The van der Waals surface area contributed by atoms with Gasteiger partial charge in [0.2, 0.25) is 0 Å². The molecule has 0 aliphatic carbocycles. The molecule has 0 radical (unpaired) electrons. The van der Waals surface area contributed by atoms with Gasteiger partial charge in [0.1, 0.15) is 11.5 Å². The molecule has 0 aliphatic heterocycles. The fourth-order valence-electron chi connectivity index (χ4n) is 1.56. The van der Waals surface area contributed by atoms with Crippen molar-refractivity contribution in [2.45, 2.75) is 20.4 Å². The number of amides is 1. The Hall–Kier alpha value is -1.14. The van der Waals surface area contributed by atoms with Crippen LogP contribution >= 0.6 is 27.3 Å². The van der Waals surface area contributed by atoms with E-state index in [2.05, 4.69) is 21.1 Å². The van der Waals surface area contributed by atoms with E-state index >= 15 is 0 Å². The third-order valence-corrected chi connectivity index (χ3v) is 4.62. The molecular weight excluding hydrogens is 316 g/mol. The number of carbonyl (C=O) groups excluding carboxylic acids is 1. The number of thiophene rings is 1. The predicted molar refractivity (Wildman–Crippen MR) is 73.8 cm³/mol. The molecule has 96 valence electrons. The van der Waals surface area contributed by atoms with Crippen molar-refractivity contribution >= 4 is 33.2 Å². The first-order valence-electron chi connectivity index (χ1n) is 5.41. The smallest absolute Gasteiger partial charge is 0.264 e. The van der Waals surface area contributed by atoms with Gasteiger partial charge in [0.15, 0.2) is 0 Å². The second-order valence-electron chi connectivity index (χ2n) is 4.10. The van der Waals surface area contributed by atoms with Crippen molar-refractivity contribution in [1.82, 2.24) is 10.1 Å². The standard InChI is InChI=1S/C12H13BrN2O2S/c1-7-4-9(14-17-7)6-15(3)12(16)11-5-10(13)8(2)18-11/h4-5H,6H2,1-3H3. The van der Waals surface area contributed by atoms with Crippen molar-refractivity contribution in [3.05, 3.63) is 37.8 Å². The number of aryl methyl sites for hydroxylation is 2. The summed E-state index contributed by atoms with van der Waals surface area (Å²) in [5.74, 6) is 0.745. The summed E-state index contributed by atoms with van der Waals surface area (Å²) in [4.78, 5) is 15.6. The summed E-state index contributed by atoms with van der Waals surface area (Å²) in [6.45, 7) is 4.26. The molecule has 1 amide bonds. The lowest BCUT2D eigenvalue weighted by atomic mass is 10.3. The lowest BCUT2D eigenvalue weighted by molar-refractivity contribution is 0.0787. The molecule has 2 heterocycles. The Kier molecular flexibility index (Phi) is 3.87. The number of nitrogens with zero attached hydrogens (tertiary/aromatic N) is 2. The molecule has 0 bridgehead atoms. The van der Waals surface area contributed by atoms with Crippen molar-refractivity contribution in [2.75, 3.05) is 7.05 Å². The Bertz CT molecular complexity index is 557. The van der Waals surface area contributed by atoms with Gasteiger partial charge in [-0.15, -0.1) is 11.3 Å². The number of rotatable bonds is 3. The normalized spacial score (nSPS) is 10.7. The van der Waals surface area contributed by atoms with Crippen LogP contribution < -0.4 is 0 Å². The minimum Gasteiger partial charge on any atom is -0.361 e. The lowest BCUT2D eigenvalue weighted by Crippen LogP contribution is -2.25. The number of hydrogen-bond donors (Lipinski definition) is 0. The summed E-state index contributed by atoms with van der Waals surface area (Å²) in [6.07, 6.45) is 0. The van der Waals surface area contributed by atoms with Gasteiger partial charge in [-0.25, -0.2) is 0 Å². The molecule has 0 saturated heterocycles. The molecule has 0 fully saturated rings. The fraction of sp³-hybridized carbons (Fsp3) is 0.333. The maximum atomic E-state index is 12.2. The second-order valence-corrected chi connectivity index (χ2v) is 6.22. The summed E-state index contributed by atoms with van der Waals surface area (Å²) in [5, 5.41) is 3.88. The van der Waals surface area contributed by atoms with Crippen LogP contribution in [-0.2, 0) is 6.54 Å². The predicted octanol–water partition coefficient (Wildman–Crippen LogP) is 3.39. The van der Waals surface area contributed by atoms with Gasteiger partial charge in [0.05, 0.1) is 11.4 Å². The van der Waals surface area contributed by atoms with Crippen molar-refractivity contribution in [3.63, 3.8) is 0 Å². The van der Waals surface area contributed by atoms with Crippen molar-refractivity contribution < 1.29 is 9.32 Å². The molecule has 18 heavy (non-hydrogen) atoms. The molecule has 6 heteroatoms. The molecule has 2 aromatic rings. The molecule has 2 rings (SSSR count). The average molecular weight is 329 g/mol. The van der Waals surface area contributed by atoms with Crippen LogP contribution in [0.4, 0.5) is 0 Å². The van der Waals surface area contributed by atoms with E-state index in [-0.39, 0.29) is 5.91 Å². The third kappa shape index (κ3) is 2.81. The number of carbonyl (C=O) groups is 1. The lowest BCUT2D eigenvalue weighted by Gasteiger charge is -2.13. The molecule has 0 aromatic carbocycles. The zero-order chi connectivity index (χ0) is 13.3. The minimum absolute atomic E-state index is 0.00514. The second kappa shape index (κ2) is 5.24. The number of aromatic nitrogens is 1. The Balaban J connectivity index is 2.09. The first-order chi connectivity index (χ1) is 8.47. The SMILES string of the molecule is Cc1cc(CN(C)C(=O)c2cc(Br)c(C)s2)no1. The Labute approximate surface area is 118 Å². The molecule has 0 unspecified atom stereocenters. The zero-order valence-corrected chi connectivity index (χ0v) is 12.8. The maximum Gasteiger partial charge on any atom is 0.264 e. The van der Waals surface area contributed by atoms with Crippen LogP contribution in [0, 0.1) is 13.8 Å². The van der Waals surface area contributed by atoms with Crippen molar-refractivity contribution in [3.8, 4) is 0 Å². The highest BCUT2D eigenvalue weighted by atomic mass is 79.9.